The number of rotatable bonds is 53. The van der Waals surface area contributed by atoms with Crippen molar-refractivity contribution in [1.29, 1.82) is 0 Å². The molecule has 2 heterocycles. The number of nitrogens with one attached hydrogen (secondary N) is 11. The number of phenols is 1. The molecule has 43 heteroatoms. The standard InChI is InChI=1S/C78H114N14O26S3/c1-10-16-65(102)117-42-92(73(108)66(44(5)11-2)88-71(107)58-18-13-15-30-91(58)9)59(43(3)4)38-60(118-47(8)93)72-85-57(41-119-72)70(106)82-51(34-48-23-25-52(94)26-24-48)33-45(6)67(103)89-90-78(115)116-31-32-120-121-40-46(7)81-68(104)56(37-64(100)101)84-69(105)55(36-63(98)99)83-61(95)35-49-19-21-50(22-20-49)39-80-76(113)79-29-14-12-17-53(74(109)110)86-77(114)87-54(75(111)112)27-28-62(96)97/h19-26,41,43-46,51,53-56,58-60,66,94H,10-18,27-40,42H2,1-9H3,(H,81,104)(H,82,106)(H,83,95)(H,84,105)(H,88,107)(H,89,103)(H,90,115)(H,96,97)(H,98,99)(H,100,101)(H,109,110)(H,111,112)(H2,79,80,113)(H2,86,87,114)/t44-,45-,46+,51+,53-,54-,55-,56-,58+,59+,60+,66?/m0/s1. The van der Waals surface area contributed by atoms with Gasteiger partial charge < -0.3 is 97.6 Å². The van der Waals surface area contributed by atoms with Crippen LogP contribution >= 0.6 is 32.9 Å². The molecule has 1 saturated heterocycles. The number of ether oxygens (including phenoxy) is 3. The van der Waals surface area contributed by atoms with Gasteiger partial charge in [-0.05, 0) is 119 Å². The summed E-state index contributed by atoms with van der Waals surface area (Å²) in [7, 11) is 4.30. The second-order valence-corrected chi connectivity index (χ2v) is 33.1. The Labute approximate surface area is 711 Å². The predicted octanol–water partition coefficient (Wildman–Crippen LogP) is 4.22. The molecule has 4 rings (SSSR count). The molecule has 0 spiro atoms. The first-order valence-electron chi connectivity index (χ1n) is 39.6. The first kappa shape index (κ1) is 102. The number of hydrazine groups is 1. The van der Waals surface area contributed by atoms with Gasteiger partial charge in [0.05, 0.1) is 25.3 Å². The highest BCUT2D eigenvalue weighted by Crippen LogP contribution is 2.33. The van der Waals surface area contributed by atoms with Gasteiger partial charge in [0.2, 0.25) is 35.4 Å². The third-order valence-electron chi connectivity index (χ3n) is 19.2. The molecule has 1 fully saturated rings. The number of amides is 12. The lowest BCUT2D eigenvalue weighted by atomic mass is 9.92. The minimum absolute atomic E-state index is 0.0000716. The van der Waals surface area contributed by atoms with Gasteiger partial charge >= 0.3 is 59.9 Å². The zero-order valence-electron chi connectivity index (χ0n) is 69.1. The first-order valence-corrected chi connectivity index (χ1v) is 43.0. The molecule has 12 amide bonds. The molecule has 3 aromatic rings. The summed E-state index contributed by atoms with van der Waals surface area (Å²) in [5.74, 6) is -14.7. The van der Waals surface area contributed by atoms with Gasteiger partial charge in [0.15, 0.2) is 12.8 Å². The van der Waals surface area contributed by atoms with E-state index in [1.54, 1.807) is 38.1 Å². The van der Waals surface area contributed by atoms with E-state index in [2.05, 4.69) is 58.4 Å². The number of thiazole rings is 1. The van der Waals surface area contributed by atoms with Crippen molar-refractivity contribution < 1.29 is 126 Å². The van der Waals surface area contributed by atoms with Crippen LogP contribution in [0.15, 0.2) is 53.9 Å². The van der Waals surface area contributed by atoms with E-state index in [1.807, 2.05) is 51.9 Å². The first-order chi connectivity index (χ1) is 57.3. The highest BCUT2D eigenvalue weighted by molar-refractivity contribution is 8.76. The highest BCUT2D eigenvalue weighted by atomic mass is 33.1. The third kappa shape index (κ3) is 38.9. The molecule has 121 heavy (non-hydrogen) atoms. The maximum atomic E-state index is 15.0. The molecular weight excluding hydrogens is 1650 g/mol. The smallest absolute Gasteiger partial charge is 0.426 e. The molecule has 0 radical (unpaired) electrons. The topological polar surface area (TPSA) is 591 Å². The van der Waals surface area contributed by atoms with Gasteiger partial charge in [-0.15, -0.1) is 11.3 Å². The molecule has 17 N–H and O–H groups in total. The van der Waals surface area contributed by atoms with E-state index in [1.165, 1.54) is 63.1 Å². The molecule has 1 aliphatic heterocycles. The van der Waals surface area contributed by atoms with Crippen molar-refractivity contribution in [1.82, 2.24) is 73.5 Å². The minimum Gasteiger partial charge on any atom is -0.508 e. The lowest BCUT2D eigenvalue weighted by Crippen LogP contribution is -2.59. The number of hydrogen-bond acceptors (Lipinski definition) is 26. The molecular formula is C78H114N14O26S3. The maximum Gasteiger partial charge on any atom is 0.426 e. The van der Waals surface area contributed by atoms with Crippen LogP contribution in [0.25, 0.3) is 0 Å². The summed E-state index contributed by atoms with van der Waals surface area (Å²) >= 11 is 1.02. The summed E-state index contributed by atoms with van der Waals surface area (Å²) in [5.41, 5.74) is 6.08. The van der Waals surface area contributed by atoms with Crippen LogP contribution in [0, 0.1) is 17.8 Å². The summed E-state index contributed by atoms with van der Waals surface area (Å²) < 4.78 is 16.8. The highest BCUT2D eigenvalue weighted by Gasteiger charge is 2.41. The largest absolute Gasteiger partial charge is 0.508 e. The van der Waals surface area contributed by atoms with Crippen molar-refractivity contribution in [2.24, 2.45) is 17.8 Å². The number of likely N-dealkylation sites (tertiary alicyclic amines) is 1. The number of nitrogens with zero attached hydrogens (tertiary/aromatic N) is 3. The fourth-order valence-corrected chi connectivity index (χ4v) is 15.4. The number of piperidine rings is 1. The zero-order valence-corrected chi connectivity index (χ0v) is 71.5. The summed E-state index contributed by atoms with van der Waals surface area (Å²) in [6, 6.07) is 0.487. The van der Waals surface area contributed by atoms with E-state index in [9.17, 15) is 102 Å². The SMILES string of the molecule is CCCC(=O)OCN(C(=O)C(NC(=O)[C@H]1CCCCN1C)[C@@H](C)CC)[C@H](C[C@@H](OC(C)=O)c1nc(C(=O)N[C@@H](Cc2ccc(O)cc2)C[C@H](C)C(=O)NNC(=O)OCCSSC[C@@H](C)NC(=O)[C@H](CC(=O)O)NC(=O)[C@H](CC(=O)O)NC(=O)Cc2ccc(CNC(=O)NCCCC[C@H](NC(=O)N[C@@H](CCC(=O)O)C(=O)O)C(=O)O)cc2)cs1)C(C)C. The Kier molecular flexibility index (Phi) is 45.3. The number of unbranched alkanes of at least 4 members (excludes halogenated alkanes) is 1. The van der Waals surface area contributed by atoms with Gasteiger partial charge in [0.1, 0.15) is 53.3 Å². The van der Waals surface area contributed by atoms with Crippen LogP contribution in [-0.4, -0.2) is 246 Å². The van der Waals surface area contributed by atoms with Crippen LogP contribution in [0.2, 0.25) is 0 Å². The minimum atomic E-state index is -1.76. The van der Waals surface area contributed by atoms with Crippen molar-refractivity contribution in [3.8, 4) is 5.75 Å². The van der Waals surface area contributed by atoms with Gasteiger partial charge in [-0.1, -0.05) is 112 Å². The Morgan fingerprint density at radius 1 is 0.653 bits per heavy atom. The lowest BCUT2D eigenvalue weighted by Gasteiger charge is -2.39. The Hall–Kier alpha value is -11.1. The van der Waals surface area contributed by atoms with E-state index < -0.39 is 194 Å². The predicted molar refractivity (Wildman–Crippen MR) is 440 cm³/mol. The van der Waals surface area contributed by atoms with E-state index in [-0.39, 0.29) is 117 Å². The van der Waals surface area contributed by atoms with Gasteiger partial charge in [0, 0.05) is 80.2 Å². The Balaban J connectivity index is 1.26. The van der Waals surface area contributed by atoms with Gasteiger partial charge in [-0.25, -0.2) is 34.4 Å². The van der Waals surface area contributed by atoms with Crippen molar-refractivity contribution in [3.63, 3.8) is 0 Å². The second-order valence-electron chi connectivity index (χ2n) is 29.5. The number of aliphatic carboxylic acids is 5. The van der Waals surface area contributed by atoms with E-state index >= 15 is 4.79 Å². The number of phenolic OH excluding ortho intramolecular Hbond substituents is 1. The van der Waals surface area contributed by atoms with Gasteiger partial charge in [0.25, 0.3) is 5.91 Å². The number of likely N-dealkylation sites (N-methyl/N-ethyl adjacent to an activating group) is 1. The molecule has 12 atom stereocenters. The van der Waals surface area contributed by atoms with Gasteiger partial charge in [-0.2, -0.15) is 0 Å². The van der Waals surface area contributed by atoms with Crippen LogP contribution in [0.1, 0.15) is 190 Å². The molecule has 1 aliphatic rings. The number of benzene rings is 2. The molecule has 1 unspecified atom stereocenters. The van der Waals surface area contributed by atoms with Gasteiger partial charge in [-0.3, -0.25) is 67.9 Å². The third-order valence-corrected chi connectivity index (χ3v) is 22.7. The monoisotopic (exact) mass is 1760 g/mol. The fraction of sp³-hybridized carbons (Fsp3) is 0.590. The molecule has 0 aliphatic carbocycles. The number of carbonyl (C=O) groups excluding carboxylic acids is 12. The Bertz CT molecular complexity index is 3990. The Morgan fingerprint density at radius 2 is 1.28 bits per heavy atom. The van der Waals surface area contributed by atoms with E-state index in [4.69, 9.17) is 19.3 Å². The van der Waals surface area contributed by atoms with Crippen molar-refractivity contribution >= 4 is 134 Å². The maximum absolute atomic E-state index is 15.0. The van der Waals surface area contributed by atoms with Crippen molar-refractivity contribution in [3.05, 3.63) is 81.3 Å². The summed E-state index contributed by atoms with van der Waals surface area (Å²) in [4.78, 5) is 226. The van der Waals surface area contributed by atoms with Crippen LogP contribution in [0.3, 0.4) is 0 Å². The quantitative estimate of drug-likeness (QED) is 0.00939. The van der Waals surface area contributed by atoms with E-state index in [0.29, 0.717) is 36.0 Å². The number of aromatic nitrogens is 1. The molecule has 40 nitrogen and oxygen atoms in total. The summed E-state index contributed by atoms with van der Waals surface area (Å²) in [5, 5.41) is 81.1. The number of carboxylic acids is 5. The molecule has 1 aromatic heterocycles. The van der Waals surface area contributed by atoms with Crippen LogP contribution < -0.4 is 58.7 Å². The molecule has 0 bridgehead atoms. The lowest BCUT2D eigenvalue weighted by molar-refractivity contribution is -0.161. The number of urea groups is 2. The average molecular weight is 1760 g/mol. The Morgan fingerprint density at radius 3 is 1.88 bits per heavy atom. The number of carboxylic acid groups (broad SMARTS) is 5. The number of carbonyl (C=O) groups is 17. The fourth-order valence-electron chi connectivity index (χ4n) is 12.4. The average Bonchev–Trinajstić information content (AvgIpc) is 1.80. The van der Waals surface area contributed by atoms with Crippen LogP contribution in [0.5, 0.6) is 5.75 Å². The van der Waals surface area contributed by atoms with E-state index in [0.717, 1.165) is 30.7 Å². The second kappa shape index (κ2) is 53.5. The number of hydrogen-bond donors (Lipinski definition) is 17. The summed E-state index contributed by atoms with van der Waals surface area (Å²) in [6.45, 7) is 13.8. The molecule has 2 aromatic carbocycles. The number of aromatic hydroxyl groups is 1. The van der Waals surface area contributed by atoms with Crippen LogP contribution in [-0.2, 0) is 95.9 Å². The molecule has 0 saturated carbocycles. The number of esters is 2. The van der Waals surface area contributed by atoms with Crippen LogP contribution in [0.4, 0.5) is 14.4 Å². The zero-order chi connectivity index (χ0) is 90.0. The molecule has 670 valence electrons. The van der Waals surface area contributed by atoms with Crippen molar-refractivity contribution in [2.45, 2.75) is 232 Å². The summed E-state index contributed by atoms with van der Waals surface area (Å²) in [6.07, 6.45) is -1.44. The van der Waals surface area contributed by atoms with Crippen molar-refractivity contribution in [2.75, 3.05) is 45.0 Å². The normalized spacial score (nSPS) is 15.3.